The third kappa shape index (κ3) is 4.15. The first-order chi connectivity index (χ1) is 12.6. The Morgan fingerprint density at radius 3 is 2.65 bits per heavy atom. The van der Waals surface area contributed by atoms with E-state index in [1.165, 1.54) is 0 Å². The highest BCUT2D eigenvalue weighted by molar-refractivity contribution is 7.08. The fourth-order valence-corrected chi connectivity index (χ4v) is 3.26. The molecular formula is C20H19N3O2S. The first-order valence-electron chi connectivity index (χ1n) is 8.15. The lowest BCUT2D eigenvalue weighted by molar-refractivity contribution is -0.136. The van der Waals surface area contributed by atoms with Gasteiger partial charge in [-0.25, -0.2) is 9.97 Å². The molecule has 2 heterocycles. The molecule has 0 radical (unpaired) electrons. The van der Waals surface area contributed by atoms with Gasteiger partial charge in [0.1, 0.15) is 5.82 Å². The van der Waals surface area contributed by atoms with E-state index in [0.717, 1.165) is 33.9 Å². The quantitative estimate of drug-likeness (QED) is 0.598. The number of hydrogen-bond acceptors (Lipinski definition) is 5. The molecular weight excluding hydrogens is 346 g/mol. The molecule has 0 aliphatic carbocycles. The summed E-state index contributed by atoms with van der Waals surface area (Å²) in [6.45, 7) is 5.79. The smallest absolute Gasteiger partial charge is 0.307 e. The van der Waals surface area contributed by atoms with E-state index in [-0.39, 0.29) is 6.42 Å². The summed E-state index contributed by atoms with van der Waals surface area (Å²) >= 11 is 1.61. The molecule has 0 aliphatic heterocycles. The predicted molar refractivity (Wildman–Crippen MR) is 105 cm³/mol. The molecule has 0 aliphatic rings. The molecule has 26 heavy (non-hydrogen) atoms. The van der Waals surface area contributed by atoms with Gasteiger partial charge in [0.15, 0.2) is 5.82 Å². The lowest BCUT2D eigenvalue weighted by Crippen LogP contribution is -2.05. The van der Waals surface area contributed by atoms with Gasteiger partial charge in [0.25, 0.3) is 0 Å². The number of anilines is 2. The summed E-state index contributed by atoms with van der Waals surface area (Å²) in [5, 5.41) is 16.2. The molecule has 5 nitrogen and oxygen atoms in total. The van der Waals surface area contributed by atoms with Gasteiger partial charge in [-0.15, -0.1) is 6.58 Å². The fourth-order valence-electron chi connectivity index (χ4n) is 2.63. The SMILES string of the molecule is C=CCc1c(C)nc(-c2ccsc2)nc1Nc1ccc(CC(=O)O)cc1. The summed E-state index contributed by atoms with van der Waals surface area (Å²) in [4.78, 5) is 20.1. The summed E-state index contributed by atoms with van der Waals surface area (Å²) in [6, 6.07) is 9.32. The van der Waals surface area contributed by atoms with Crippen molar-refractivity contribution in [3.63, 3.8) is 0 Å². The van der Waals surface area contributed by atoms with E-state index in [1.807, 2.05) is 42.0 Å². The van der Waals surface area contributed by atoms with Crippen molar-refractivity contribution in [1.82, 2.24) is 9.97 Å². The Kier molecular flexibility index (Phi) is 5.43. The number of thiophene rings is 1. The van der Waals surface area contributed by atoms with Crippen molar-refractivity contribution in [1.29, 1.82) is 0 Å². The third-order valence-electron chi connectivity index (χ3n) is 3.91. The van der Waals surface area contributed by atoms with Crippen molar-refractivity contribution in [3.8, 4) is 11.4 Å². The van der Waals surface area contributed by atoms with Gasteiger partial charge in [0, 0.05) is 27.9 Å². The largest absolute Gasteiger partial charge is 0.481 e. The molecule has 6 heteroatoms. The minimum absolute atomic E-state index is 0.0108. The summed E-state index contributed by atoms with van der Waals surface area (Å²) < 4.78 is 0. The molecule has 3 aromatic rings. The van der Waals surface area contributed by atoms with Gasteiger partial charge < -0.3 is 10.4 Å². The van der Waals surface area contributed by atoms with Crippen LogP contribution in [0.5, 0.6) is 0 Å². The minimum atomic E-state index is -0.842. The Morgan fingerprint density at radius 1 is 1.27 bits per heavy atom. The molecule has 0 saturated carbocycles. The number of aliphatic carboxylic acids is 1. The van der Waals surface area contributed by atoms with E-state index in [2.05, 4.69) is 16.9 Å². The van der Waals surface area contributed by atoms with Crippen molar-refractivity contribution >= 4 is 28.8 Å². The van der Waals surface area contributed by atoms with E-state index < -0.39 is 5.97 Å². The average molecular weight is 365 g/mol. The second-order valence-corrected chi connectivity index (χ2v) is 6.64. The number of aryl methyl sites for hydroxylation is 1. The maximum absolute atomic E-state index is 10.8. The van der Waals surface area contributed by atoms with Gasteiger partial charge in [0.05, 0.1) is 6.42 Å². The van der Waals surface area contributed by atoms with Crippen LogP contribution in [0.15, 0.2) is 53.7 Å². The number of aromatic nitrogens is 2. The van der Waals surface area contributed by atoms with Gasteiger partial charge in [-0.1, -0.05) is 18.2 Å². The number of nitrogens with one attached hydrogen (secondary N) is 1. The monoisotopic (exact) mass is 365 g/mol. The number of hydrogen-bond donors (Lipinski definition) is 2. The highest BCUT2D eigenvalue weighted by Gasteiger charge is 2.13. The summed E-state index contributed by atoms with van der Waals surface area (Å²) in [7, 11) is 0. The minimum Gasteiger partial charge on any atom is -0.481 e. The van der Waals surface area contributed by atoms with Crippen LogP contribution >= 0.6 is 11.3 Å². The molecule has 0 spiro atoms. The first kappa shape index (κ1) is 17.8. The molecule has 0 saturated heterocycles. The Hall–Kier alpha value is -2.99. The third-order valence-corrected chi connectivity index (χ3v) is 4.60. The molecule has 0 unspecified atom stereocenters. The zero-order valence-electron chi connectivity index (χ0n) is 14.4. The maximum Gasteiger partial charge on any atom is 0.307 e. The number of carboxylic acids is 1. The highest BCUT2D eigenvalue weighted by Crippen LogP contribution is 2.27. The highest BCUT2D eigenvalue weighted by atomic mass is 32.1. The van der Waals surface area contributed by atoms with Gasteiger partial charge in [-0.3, -0.25) is 4.79 Å². The molecule has 0 amide bonds. The standard InChI is InChI=1S/C20H19N3O2S/c1-3-4-17-13(2)21-19(15-9-10-26-12-15)23-20(17)22-16-7-5-14(6-8-16)11-18(24)25/h3,5-10,12H,1,4,11H2,2H3,(H,24,25)(H,21,22,23). The molecule has 2 aromatic heterocycles. The number of benzene rings is 1. The van der Waals surface area contributed by atoms with Crippen LogP contribution in [0.2, 0.25) is 0 Å². The van der Waals surface area contributed by atoms with Gasteiger partial charge >= 0.3 is 5.97 Å². The van der Waals surface area contributed by atoms with E-state index in [4.69, 9.17) is 10.1 Å². The van der Waals surface area contributed by atoms with Crippen LogP contribution in [0.25, 0.3) is 11.4 Å². The Bertz CT molecular complexity index is 919. The zero-order valence-corrected chi connectivity index (χ0v) is 15.2. The number of allylic oxidation sites excluding steroid dienone is 1. The van der Waals surface area contributed by atoms with Crippen LogP contribution in [-0.4, -0.2) is 21.0 Å². The van der Waals surface area contributed by atoms with E-state index in [0.29, 0.717) is 12.2 Å². The van der Waals surface area contributed by atoms with Crippen LogP contribution in [0.4, 0.5) is 11.5 Å². The number of rotatable bonds is 7. The molecule has 132 valence electrons. The van der Waals surface area contributed by atoms with E-state index >= 15 is 0 Å². The lowest BCUT2D eigenvalue weighted by Gasteiger charge is -2.14. The summed E-state index contributed by atoms with van der Waals surface area (Å²) in [5.74, 6) is 0.581. The second-order valence-electron chi connectivity index (χ2n) is 5.86. The summed E-state index contributed by atoms with van der Waals surface area (Å²) in [6.07, 6.45) is 2.50. The second kappa shape index (κ2) is 7.93. The van der Waals surface area contributed by atoms with E-state index in [1.54, 1.807) is 23.5 Å². The van der Waals surface area contributed by atoms with Gasteiger partial charge in [-0.05, 0) is 42.5 Å². The fraction of sp³-hybridized carbons (Fsp3) is 0.150. The van der Waals surface area contributed by atoms with Crippen LogP contribution in [0.3, 0.4) is 0 Å². The Balaban J connectivity index is 1.94. The first-order valence-corrected chi connectivity index (χ1v) is 9.10. The zero-order chi connectivity index (χ0) is 18.5. The van der Waals surface area contributed by atoms with Crippen LogP contribution in [0, 0.1) is 6.92 Å². The van der Waals surface area contributed by atoms with Crippen molar-refractivity contribution in [2.75, 3.05) is 5.32 Å². The number of carbonyl (C=O) groups is 1. The summed E-state index contributed by atoms with van der Waals surface area (Å²) in [5.41, 5.74) is 4.49. The molecule has 0 fully saturated rings. The Labute approximate surface area is 156 Å². The van der Waals surface area contributed by atoms with Crippen molar-refractivity contribution < 1.29 is 9.90 Å². The van der Waals surface area contributed by atoms with Gasteiger partial charge in [-0.2, -0.15) is 11.3 Å². The molecule has 1 aromatic carbocycles. The molecule has 0 atom stereocenters. The normalized spacial score (nSPS) is 10.5. The van der Waals surface area contributed by atoms with Gasteiger partial charge in [0.2, 0.25) is 0 Å². The predicted octanol–water partition coefficient (Wildman–Crippen LogP) is 4.61. The number of nitrogens with zero attached hydrogens (tertiary/aromatic N) is 2. The van der Waals surface area contributed by atoms with Crippen molar-refractivity contribution in [3.05, 3.63) is 70.6 Å². The molecule has 3 rings (SSSR count). The van der Waals surface area contributed by atoms with E-state index in [9.17, 15) is 4.79 Å². The Morgan fingerprint density at radius 2 is 2.04 bits per heavy atom. The molecule has 0 bridgehead atoms. The average Bonchev–Trinajstić information content (AvgIpc) is 3.13. The lowest BCUT2D eigenvalue weighted by atomic mass is 10.1. The van der Waals surface area contributed by atoms with Crippen LogP contribution in [-0.2, 0) is 17.6 Å². The maximum atomic E-state index is 10.8. The van der Waals surface area contributed by atoms with Crippen molar-refractivity contribution in [2.45, 2.75) is 19.8 Å². The number of carboxylic acid groups (broad SMARTS) is 1. The van der Waals surface area contributed by atoms with Crippen LogP contribution in [0.1, 0.15) is 16.8 Å². The van der Waals surface area contributed by atoms with Crippen molar-refractivity contribution in [2.24, 2.45) is 0 Å². The topological polar surface area (TPSA) is 75.1 Å². The molecule has 2 N–H and O–H groups in total. The van der Waals surface area contributed by atoms with Crippen LogP contribution < -0.4 is 5.32 Å².